The normalized spacial score (nSPS) is 20.1. The van der Waals surface area contributed by atoms with Gasteiger partial charge in [0.2, 0.25) is 5.91 Å². The van der Waals surface area contributed by atoms with E-state index in [0.717, 1.165) is 6.54 Å². The van der Waals surface area contributed by atoms with Crippen molar-refractivity contribution in [1.82, 2.24) is 10.2 Å². The third-order valence-electron chi connectivity index (χ3n) is 3.14. The highest BCUT2D eigenvalue weighted by atomic mass is 19.1. The summed E-state index contributed by atoms with van der Waals surface area (Å²) in [7, 11) is 1.50. The average Bonchev–Trinajstić information content (AvgIpc) is 2.37. The average molecular weight is 252 g/mol. The molecule has 0 aliphatic carbocycles. The number of hydrogen-bond donors (Lipinski definition) is 1. The maximum atomic E-state index is 13.8. The molecular weight excluding hydrogens is 235 g/mol. The van der Waals surface area contributed by atoms with E-state index in [1.807, 2.05) is 6.92 Å². The number of carbonyl (C=O) groups excluding carboxylic acids is 1. The Kier molecular flexibility index (Phi) is 3.81. The zero-order valence-electron chi connectivity index (χ0n) is 10.6. The summed E-state index contributed by atoms with van der Waals surface area (Å²) in [5.74, 6) is 0.154. The number of halogens is 1. The number of piperazine rings is 1. The number of amides is 1. The standard InChI is InChI=1S/C13H17FN2O2/c1-9-13(17)16(6-5-15-9)8-10-3-4-11(18-2)7-12(10)14/h3-4,7,9,15H,5-6,8H2,1-2H3. The van der Waals surface area contributed by atoms with Gasteiger partial charge in [-0.2, -0.15) is 0 Å². The van der Waals surface area contributed by atoms with Gasteiger partial charge in [0.15, 0.2) is 0 Å². The number of methoxy groups -OCH3 is 1. The monoisotopic (exact) mass is 252 g/mol. The quantitative estimate of drug-likeness (QED) is 0.877. The Bertz CT molecular complexity index is 451. The Hall–Kier alpha value is -1.62. The Labute approximate surface area is 106 Å². The van der Waals surface area contributed by atoms with Gasteiger partial charge in [-0.15, -0.1) is 0 Å². The lowest BCUT2D eigenvalue weighted by Gasteiger charge is -2.31. The van der Waals surface area contributed by atoms with E-state index >= 15 is 0 Å². The molecule has 1 fully saturated rings. The van der Waals surface area contributed by atoms with E-state index in [4.69, 9.17) is 4.74 Å². The number of hydrogen-bond acceptors (Lipinski definition) is 3. The SMILES string of the molecule is COc1ccc(CN2CCNC(C)C2=O)c(F)c1. The molecule has 0 radical (unpaired) electrons. The lowest BCUT2D eigenvalue weighted by atomic mass is 10.1. The van der Waals surface area contributed by atoms with Gasteiger partial charge in [-0.1, -0.05) is 6.07 Å². The zero-order valence-corrected chi connectivity index (χ0v) is 10.6. The van der Waals surface area contributed by atoms with Crippen LogP contribution in [0.4, 0.5) is 4.39 Å². The highest BCUT2D eigenvalue weighted by molar-refractivity contribution is 5.82. The van der Waals surface area contributed by atoms with Gasteiger partial charge in [-0.25, -0.2) is 4.39 Å². The Morgan fingerprint density at radius 1 is 1.56 bits per heavy atom. The highest BCUT2D eigenvalue weighted by Gasteiger charge is 2.25. The van der Waals surface area contributed by atoms with E-state index in [2.05, 4.69) is 5.32 Å². The number of rotatable bonds is 3. The van der Waals surface area contributed by atoms with Crippen LogP contribution in [0.3, 0.4) is 0 Å². The smallest absolute Gasteiger partial charge is 0.239 e. The van der Waals surface area contributed by atoms with Crippen LogP contribution in [-0.4, -0.2) is 37.0 Å². The number of ether oxygens (including phenoxy) is 1. The lowest BCUT2D eigenvalue weighted by molar-refractivity contribution is -0.135. The van der Waals surface area contributed by atoms with Crippen LogP contribution in [0.25, 0.3) is 0 Å². The van der Waals surface area contributed by atoms with E-state index in [0.29, 0.717) is 24.4 Å². The minimum absolute atomic E-state index is 0.0106. The summed E-state index contributed by atoms with van der Waals surface area (Å²) in [6.45, 7) is 3.47. The summed E-state index contributed by atoms with van der Waals surface area (Å²) >= 11 is 0. The molecule has 1 aliphatic rings. The van der Waals surface area contributed by atoms with E-state index in [9.17, 15) is 9.18 Å². The van der Waals surface area contributed by atoms with Gasteiger partial charge in [0.05, 0.1) is 13.2 Å². The summed E-state index contributed by atoms with van der Waals surface area (Å²) in [4.78, 5) is 13.6. The van der Waals surface area contributed by atoms with E-state index in [1.54, 1.807) is 17.0 Å². The van der Waals surface area contributed by atoms with Gasteiger partial charge >= 0.3 is 0 Å². The van der Waals surface area contributed by atoms with Crippen molar-refractivity contribution in [1.29, 1.82) is 0 Å². The van der Waals surface area contributed by atoms with E-state index < -0.39 is 0 Å². The molecule has 0 spiro atoms. The molecule has 18 heavy (non-hydrogen) atoms. The Balaban J connectivity index is 2.11. The second kappa shape index (κ2) is 5.35. The predicted octanol–water partition coefficient (Wildman–Crippen LogP) is 1.15. The molecular formula is C13H17FN2O2. The van der Waals surface area contributed by atoms with Crippen molar-refractivity contribution in [2.24, 2.45) is 0 Å². The van der Waals surface area contributed by atoms with Gasteiger partial charge < -0.3 is 15.0 Å². The molecule has 5 heteroatoms. The second-order valence-electron chi connectivity index (χ2n) is 4.39. The number of nitrogens with one attached hydrogen (secondary N) is 1. The minimum atomic E-state index is -0.340. The van der Waals surface area contributed by atoms with Crippen molar-refractivity contribution in [2.45, 2.75) is 19.5 Å². The fourth-order valence-electron chi connectivity index (χ4n) is 2.03. The third-order valence-corrected chi connectivity index (χ3v) is 3.14. The van der Waals surface area contributed by atoms with Crippen molar-refractivity contribution >= 4 is 5.91 Å². The van der Waals surface area contributed by atoms with Crippen molar-refractivity contribution < 1.29 is 13.9 Å². The molecule has 1 amide bonds. The molecule has 1 unspecified atom stereocenters. The molecule has 1 saturated heterocycles. The summed E-state index contributed by atoms with van der Waals surface area (Å²) in [5.41, 5.74) is 0.512. The van der Waals surface area contributed by atoms with Gasteiger partial charge in [0.1, 0.15) is 11.6 Å². The molecule has 1 N–H and O–H groups in total. The molecule has 0 aromatic heterocycles. The van der Waals surface area contributed by atoms with Crippen molar-refractivity contribution in [3.8, 4) is 5.75 Å². The van der Waals surface area contributed by atoms with Crippen molar-refractivity contribution in [3.63, 3.8) is 0 Å². The number of benzene rings is 1. The first-order chi connectivity index (χ1) is 8.61. The maximum Gasteiger partial charge on any atom is 0.239 e. The van der Waals surface area contributed by atoms with Crippen LogP contribution in [0.15, 0.2) is 18.2 Å². The summed E-state index contributed by atoms with van der Waals surface area (Å²) in [6.07, 6.45) is 0. The lowest BCUT2D eigenvalue weighted by Crippen LogP contribution is -2.53. The molecule has 0 saturated carbocycles. The third kappa shape index (κ3) is 2.61. The van der Waals surface area contributed by atoms with Gasteiger partial charge in [0, 0.05) is 31.3 Å². The van der Waals surface area contributed by atoms with Crippen LogP contribution in [-0.2, 0) is 11.3 Å². The highest BCUT2D eigenvalue weighted by Crippen LogP contribution is 2.18. The molecule has 2 rings (SSSR count). The van der Waals surface area contributed by atoms with Gasteiger partial charge in [-0.05, 0) is 13.0 Å². The minimum Gasteiger partial charge on any atom is -0.497 e. The van der Waals surface area contributed by atoms with Crippen LogP contribution in [0, 0.1) is 5.82 Å². The Morgan fingerprint density at radius 2 is 2.33 bits per heavy atom. The largest absolute Gasteiger partial charge is 0.497 e. The topological polar surface area (TPSA) is 41.6 Å². The van der Waals surface area contributed by atoms with Crippen LogP contribution in [0.1, 0.15) is 12.5 Å². The van der Waals surface area contributed by atoms with Crippen LogP contribution in [0.2, 0.25) is 0 Å². The molecule has 1 aromatic carbocycles. The first-order valence-electron chi connectivity index (χ1n) is 5.96. The first-order valence-corrected chi connectivity index (χ1v) is 5.96. The van der Waals surface area contributed by atoms with Gasteiger partial charge in [-0.3, -0.25) is 4.79 Å². The van der Waals surface area contributed by atoms with Crippen LogP contribution < -0.4 is 10.1 Å². The van der Waals surface area contributed by atoms with Crippen LogP contribution in [0.5, 0.6) is 5.75 Å². The predicted molar refractivity (Wildman–Crippen MR) is 65.8 cm³/mol. The molecule has 1 atom stereocenters. The summed E-state index contributed by atoms with van der Waals surface area (Å²) in [6, 6.07) is 4.51. The molecule has 0 bridgehead atoms. The zero-order chi connectivity index (χ0) is 13.1. The van der Waals surface area contributed by atoms with E-state index in [-0.39, 0.29) is 17.8 Å². The fourth-order valence-corrected chi connectivity index (χ4v) is 2.03. The Morgan fingerprint density at radius 3 is 3.00 bits per heavy atom. The van der Waals surface area contributed by atoms with Gasteiger partial charge in [0.25, 0.3) is 0 Å². The van der Waals surface area contributed by atoms with Crippen molar-refractivity contribution in [3.05, 3.63) is 29.6 Å². The van der Waals surface area contributed by atoms with E-state index in [1.165, 1.54) is 13.2 Å². The molecule has 1 aromatic rings. The maximum absolute atomic E-state index is 13.8. The van der Waals surface area contributed by atoms with Crippen LogP contribution >= 0.6 is 0 Å². The molecule has 1 heterocycles. The summed E-state index contributed by atoms with van der Waals surface area (Å²) < 4.78 is 18.7. The molecule has 1 aliphatic heterocycles. The van der Waals surface area contributed by atoms with Crippen molar-refractivity contribution in [2.75, 3.05) is 20.2 Å². The molecule has 4 nitrogen and oxygen atoms in total. The summed E-state index contributed by atoms with van der Waals surface area (Å²) in [5, 5.41) is 3.08. The molecule has 98 valence electrons. The first kappa shape index (κ1) is 12.8. The fraction of sp³-hybridized carbons (Fsp3) is 0.462. The number of nitrogens with zero attached hydrogens (tertiary/aromatic N) is 1. The second-order valence-corrected chi connectivity index (χ2v) is 4.39. The number of carbonyl (C=O) groups is 1.